The van der Waals surface area contributed by atoms with Crippen molar-refractivity contribution in [2.24, 2.45) is 5.18 Å². The second kappa shape index (κ2) is 5.02. The van der Waals surface area contributed by atoms with Crippen molar-refractivity contribution < 1.29 is 22.4 Å². The summed E-state index contributed by atoms with van der Waals surface area (Å²) in [7, 11) is 0. The molecule has 10 heteroatoms. The highest BCUT2D eigenvalue weighted by Gasteiger charge is 2.42. The number of aromatic nitrogens is 4. The minimum absolute atomic E-state index is 0.0511. The Bertz CT molecular complexity index is 631. The second-order valence-electron chi connectivity index (χ2n) is 4.05. The maximum atomic E-state index is 12.7. The highest BCUT2D eigenvalue weighted by atomic mass is 19.4. The molecule has 0 spiro atoms. The monoisotopic (exact) mass is 290 g/mol. The summed E-state index contributed by atoms with van der Waals surface area (Å²) in [5.41, 5.74) is -1.81. The highest BCUT2D eigenvalue weighted by molar-refractivity contribution is 5.45. The summed E-state index contributed by atoms with van der Waals surface area (Å²) in [5.74, 6) is 0.594. The first kappa shape index (κ1) is 14.2. The average molecular weight is 290 g/mol. The fourth-order valence-electron chi connectivity index (χ4n) is 1.69. The van der Waals surface area contributed by atoms with E-state index in [0.717, 1.165) is 4.68 Å². The zero-order chi connectivity index (χ0) is 14.9. The quantitative estimate of drug-likeness (QED) is 0.689. The Morgan fingerprint density at radius 2 is 2.15 bits per heavy atom. The van der Waals surface area contributed by atoms with E-state index in [1.54, 1.807) is 6.92 Å². The van der Waals surface area contributed by atoms with Crippen LogP contribution in [0.4, 0.5) is 18.9 Å². The molecule has 2 heterocycles. The maximum absolute atomic E-state index is 12.7. The van der Waals surface area contributed by atoms with Crippen LogP contribution in [0.5, 0.6) is 0 Å². The molecule has 0 aromatic carbocycles. The molecule has 0 atom stereocenters. The van der Waals surface area contributed by atoms with Gasteiger partial charge in [0.25, 0.3) is 0 Å². The molecule has 2 rings (SSSR count). The molecule has 7 nitrogen and oxygen atoms in total. The minimum Gasteiger partial charge on any atom is -0.339 e. The Labute approximate surface area is 110 Å². The lowest BCUT2D eigenvalue weighted by molar-refractivity contribution is -0.749. The van der Waals surface area contributed by atoms with Crippen LogP contribution in [0.3, 0.4) is 0 Å². The van der Waals surface area contributed by atoms with Crippen molar-refractivity contribution >= 4 is 5.69 Å². The number of hydrogen-bond acceptors (Lipinski definition) is 5. The third-order valence-corrected chi connectivity index (χ3v) is 2.72. The number of nitrogens with one attached hydrogen (secondary N) is 1. The summed E-state index contributed by atoms with van der Waals surface area (Å²) in [6.45, 7) is 3.08. The number of nitroso groups, excluding NO2 is 1. The SMILES string of the molecule is CCc1nc(C[n+]2[nH]c(C(F)(F)F)c(N=O)c2C)no1. The summed E-state index contributed by atoms with van der Waals surface area (Å²) >= 11 is 0. The van der Waals surface area contributed by atoms with Gasteiger partial charge >= 0.3 is 6.18 Å². The molecule has 0 saturated heterocycles. The molecule has 2 aromatic heterocycles. The van der Waals surface area contributed by atoms with Gasteiger partial charge in [-0.2, -0.15) is 23.3 Å². The lowest BCUT2D eigenvalue weighted by Gasteiger charge is -1.99. The predicted molar refractivity (Wildman–Crippen MR) is 59.0 cm³/mol. The van der Waals surface area contributed by atoms with Crippen molar-refractivity contribution in [1.29, 1.82) is 0 Å². The minimum atomic E-state index is -4.69. The number of aryl methyl sites for hydroxylation is 1. The molecular formula is C10H11F3N5O2+. The molecule has 0 fully saturated rings. The third kappa shape index (κ3) is 2.53. The first-order valence-electron chi connectivity index (χ1n) is 5.71. The van der Waals surface area contributed by atoms with Crippen molar-refractivity contribution in [2.45, 2.75) is 33.0 Å². The molecule has 0 saturated carbocycles. The van der Waals surface area contributed by atoms with Crippen LogP contribution in [0.15, 0.2) is 9.70 Å². The van der Waals surface area contributed by atoms with Crippen LogP contribution in [-0.2, 0) is 19.1 Å². The van der Waals surface area contributed by atoms with Crippen molar-refractivity contribution in [2.75, 3.05) is 0 Å². The van der Waals surface area contributed by atoms with Crippen LogP contribution >= 0.6 is 0 Å². The Kier molecular flexibility index (Phi) is 3.55. The molecule has 0 amide bonds. The van der Waals surface area contributed by atoms with Crippen molar-refractivity contribution in [3.63, 3.8) is 0 Å². The van der Waals surface area contributed by atoms with Crippen LogP contribution in [0, 0.1) is 11.8 Å². The second-order valence-corrected chi connectivity index (χ2v) is 4.05. The van der Waals surface area contributed by atoms with E-state index in [4.69, 9.17) is 4.52 Å². The van der Waals surface area contributed by atoms with Gasteiger partial charge in [0.2, 0.25) is 35.3 Å². The van der Waals surface area contributed by atoms with Crippen LogP contribution in [0.25, 0.3) is 0 Å². The lowest BCUT2D eigenvalue weighted by atomic mass is 10.3. The summed E-state index contributed by atoms with van der Waals surface area (Å²) in [6, 6.07) is 0. The normalized spacial score (nSPS) is 11.8. The number of H-pyrrole nitrogens is 1. The van der Waals surface area contributed by atoms with Crippen LogP contribution < -0.4 is 4.68 Å². The Balaban J connectivity index is 2.37. The van der Waals surface area contributed by atoms with Crippen LogP contribution in [0.2, 0.25) is 0 Å². The lowest BCUT2D eigenvalue weighted by Crippen LogP contribution is -2.39. The number of alkyl halides is 3. The Hall–Kier alpha value is -2.26. The van der Waals surface area contributed by atoms with Crippen molar-refractivity contribution in [3.8, 4) is 0 Å². The molecule has 1 N–H and O–H groups in total. The van der Waals surface area contributed by atoms with Gasteiger partial charge in [0.15, 0.2) is 0 Å². The van der Waals surface area contributed by atoms with Gasteiger partial charge < -0.3 is 4.52 Å². The molecule has 0 bridgehead atoms. The van der Waals surface area contributed by atoms with E-state index in [1.807, 2.05) is 0 Å². The van der Waals surface area contributed by atoms with E-state index < -0.39 is 17.6 Å². The molecular weight excluding hydrogens is 279 g/mol. The van der Waals surface area contributed by atoms with Gasteiger partial charge in [0.1, 0.15) is 0 Å². The van der Waals surface area contributed by atoms with E-state index in [0.29, 0.717) is 12.3 Å². The van der Waals surface area contributed by atoms with E-state index in [2.05, 4.69) is 20.4 Å². The molecule has 0 aliphatic carbocycles. The third-order valence-electron chi connectivity index (χ3n) is 2.72. The van der Waals surface area contributed by atoms with Gasteiger partial charge in [-0.15, -0.1) is 9.59 Å². The molecule has 0 aliphatic heterocycles. The smallest absolute Gasteiger partial charge is 0.339 e. The summed E-state index contributed by atoms with van der Waals surface area (Å²) < 4.78 is 44.2. The fraction of sp³-hybridized carbons (Fsp3) is 0.500. The summed E-state index contributed by atoms with van der Waals surface area (Å²) in [6.07, 6.45) is -4.17. The van der Waals surface area contributed by atoms with E-state index in [9.17, 15) is 18.1 Å². The molecule has 108 valence electrons. The molecule has 0 unspecified atom stereocenters. The van der Waals surface area contributed by atoms with E-state index in [1.165, 1.54) is 6.92 Å². The van der Waals surface area contributed by atoms with Crippen molar-refractivity contribution in [1.82, 2.24) is 15.2 Å². The summed E-state index contributed by atoms with van der Waals surface area (Å²) in [4.78, 5) is 14.6. The van der Waals surface area contributed by atoms with Crippen LogP contribution in [0.1, 0.15) is 30.0 Å². The maximum Gasteiger partial charge on any atom is 0.439 e. The fourth-order valence-corrected chi connectivity index (χ4v) is 1.69. The Morgan fingerprint density at radius 1 is 1.45 bits per heavy atom. The molecule has 20 heavy (non-hydrogen) atoms. The van der Waals surface area contributed by atoms with Gasteiger partial charge in [0.05, 0.1) is 0 Å². The average Bonchev–Trinajstić information content (AvgIpc) is 2.95. The first-order valence-corrected chi connectivity index (χ1v) is 5.71. The van der Waals surface area contributed by atoms with Crippen LogP contribution in [-0.4, -0.2) is 15.2 Å². The van der Waals surface area contributed by atoms with Gasteiger partial charge in [-0.25, -0.2) is 0 Å². The zero-order valence-electron chi connectivity index (χ0n) is 10.7. The topological polar surface area (TPSA) is 88.0 Å². The zero-order valence-corrected chi connectivity index (χ0v) is 10.7. The molecule has 0 aliphatic rings. The largest absolute Gasteiger partial charge is 0.439 e. The first-order chi connectivity index (χ1) is 9.36. The summed E-state index contributed by atoms with van der Waals surface area (Å²) in [5, 5.41) is 8.16. The standard InChI is InChI=1S/C10H10F3N5O2/c1-3-7-14-6(17-20-7)4-18-5(2)8(16-19)9(15-18)10(11,12)13/h3-4H2,1-2H3/p+1. The molecule has 0 radical (unpaired) electrons. The number of aromatic amines is 1. The van der Waals surface area contributed by atoms with E-state index in [-0.39, 0.29) is 18.1 Å². The molecule has 2 aromatic rings. The highest BCUT2D eigenvalue weighted by Crippen LogP contribution is 2.35. The van der Waals surface area contributed by atoms with Gasteiger partial charge in [-0.1, -0.05) is 12.1 Å². The number of hydrogen-bond donors (Lipinski definition) is 1. The predicted octanol–water partition coefficient (Wildman–Crippen LogP) is 2.02. The number of halogens is 3. The van der Waals surface area contributed by atoms with Gasteiger partial charge in [-0.05, 0) is 5.18 Å². The Morgan fingerprint density at radius 3 is 2.60 bits per heavy atom. The number of rotatable bonds is 4. The van der Waals surface area contributed by atoms with Gasteiger partial charge in [0, 0.05) is 13.3 Å². The van der Waals surface area contributed by atoms with Gasteiger partial charge in [-0.3, -0.25) is 0 Å². The number of nitrogens with zero attached hydrogens (tertiary/aromatic N) is 4. The van der Waals surface area contributed by atoms with Crippen molar-refractivity contribution in [3.05, 3.63) is 28.0 Å². The van der Waals surface area contributed by atoms with E-state index >= 15 is 0 Å².